The fourth-order valence-electron chi connectivity index (χ4n) is 4.66. The highest BCUT2D eigenvalue weighted by Crippen LogP contribution is 2.26. The van der Waals surface area contributed by atoms with Crippen LogP contribution in [0.2, 0.25) is 0 Å². The number of esters is 1. The molecule has 0 unspecified atom stereocenters. The molecule has 4 aromatic rings. The number of fused-ring (bicyclic) bond motifs is 2. The Balaban J connectivity index is 0.000000231. The van der Waals surface area contributed by atoms with E-state index in [0.717, 1.165) is 23.7 Å². The van der Waals surface area contributed by atoms with Crippen molar-refractivity contribution in [3.8, 4) is 5.75 Å². The van der Waals surface area contributed by atoms with Crippen LogP contribution in [0.15, 0.2) is 43.0 Å². The van der Waals surface area contributed by atoms with Gasteiger partial charge in [-0.05, 0) is 31.9 Å². The zero-order valence-electron chi connectivity index (χ0n) is 22.5. The third-order valence-electron chi connectivity index (χ3n) is 6.69. The molecule has 208 valence electrons. The monoisotopic (exact) mass is 537 g/mol. The van der Waals surface area contributed by atoms with Crippen molar-refractivity contribution in [3.63, 3.8) is 0 Å². The Morgan fingerprint density at radius 2 is 1.97 bits per heavy atom. The summed E-state index contributed by atoms with van der Waals surface area (Å²) in [6.45, 7) is 2.95. The summed E-state index contributed by atoms with van der Waals surface area (Å²) in [5.41, 5.74) is 2.32. The standard InChI is InChI=1S/C15H12N6O2.C12H21NO3.H2/c1-23-13-6-11-9(7-17-20-11)5-10(13)15(22)19-12-8-18-21-4-2-3-16-14(12)21;1-9(16-10(2)14)12(15)13(3)11-7-5-4-6-8-11;/h2-8H,1H3,(H,17,20)(H,19,22);9,11H,4-8H2,1-3H3;1H/t;9-;/m.0./s1. The third kappa shape index (κ3) is 6.51. The molecular weight excluding hydrogens is 502 g/mol. The van der Waals surface area contributed by atoms with E-state index in [1.165, 1.54) is 33.3 Å². The van der Waals surface area contributed by atoms with Crippen LogP contribution in [0.25, 0.3) is 16.6 Å². The second-order valence-electron chi connectivity index (χ2n) is 9.40. The number of anilines is 1. The van der Waals surface area contributed by atoms with E-state index in [9.17, 15) is 14.4 Å². The molecule has 5 rings (SSSR count). The van der Waals surface area contributed by atoms with Crippen LogP contribution in [0, 0.1) is 0 Å². The van der Waals surface area contributed by atoms with Crippen LogP contribution in [0.1, 0.15) is 57.7 Å². The molecule has 1 fully saturated rings. The van der Waals surface area contributed by atoms with Gasteiger partial charge in [0.25, 0.3) is 11.8 Å². The molecule has 39 heavy (non-hydrogen) atoms. The van der Waals surface area contributed by atoms with Crippen molar-refractivity contribution in [3.05, 3.63) is 48.5 Å². The summed E-state index contributed by atoms with van der Waals surface area (Å²) < 4.78 is 11.8. The number of H-pyrrole nitrogens is 1. The Labute approximate surface area is 227 Å². The highest BCUT2D eigenvalue weighted by molar-refractivity contribution is 6.09. The number of nitrogens with zero attached hydrogens (tertiary/aromatic N) is 5. The summed E-state index contributed by atoms with van der Waals surface area (Å²) in [7, 11) is 3.32. The largest absolute Gasteiger partial charge is 0.496 e. The van der Waals surface area contributed by atoms with Gasteiger partial charge in [-0.2, -0.15) is 10.2 Å². The van der Waals surface area contributed by atoms with Gasteiger partial charge in [0.1, 0.15) is 11.4 Å². The van der Waals surface area contributed by atoms with Crippen molar-refractivity contribution in [1.29, 1.82) is 0 Å². The van der Waals surface area contributed by atoms with Gasteiger partial charge < -0.3 is 19.7 Å². The molecule has 0 radical (unpaired) electrons. The lowest BCUT2D eigenvalue weighted by atomic mass is 9.94. The first-order chi connectivity index (χ1) is 18.8. The van der Waals surface area contributed by atoms with Crippen LogP contribution in [0.3, 0.4) is 0 Å². The van der Waals surface area contributed by atoms with Crippen LogP contribution in [0.4, 0.5) is 5.69 Å². The maximum atomic E-state index is 12.6. The van der Waals surface area contributed by atoms with Gasteiger partial charge in [0.2, 0.25) is 0 Å². The SMILES string of the molecule is CC(=O)O[C@@H](C)C(=O)N(C)C1CCCCC1.COc1cc2[nH]ncc2cc1C(=O)Nc1cnn2cccnc12.[HH]. The van der Waals surface area contributed by atoms with E-state index in [2.05, 4.69) is 25.6 Å². The van der Waals surface area contributed by atoms with E-state index in [4.69, 9.17) is 9.47 Å². The number of carbonyl (C=O) groups is 3. The maximum Gasteiger partial charge on any atom is 0.303 e. The number of ether oxygens (including phenoxy) is 2. The first-order valence-corrected chi connectivity index (χ1v) is 12.8. The fourth-order valence-corrected chi connectivity index (χ4v) is 4.66. The minimum absolute atomic E-state index is 0. The summed E-state index contributed by atoms with van der Waals surface area (Å²) >= 11 is 0. The van der Waals surface area contributed by atoms with Gasteiger partial charge in [0.15, 0.2) is 11.8 Å². The van der Waals surface area contributed by atoms with Gasteiger partial charge in [-0.3, -0.25) is 19.5 Å². The lowest BCUT2D eigenvalue weighted by molar-refractivity contribution is -0.158. The van der Waals surface area contributed by atoms with Gasteiger partial charge >= 0.3 is 5.97 Å². The van der Waals surface area contributed by atoms with Crippen molar-refractivity contribution in [1.82, 2.24) is 29.7 Å². The van der Waals surface area contributed by atoms with Crippen molar-refractivity contribution in [2.75, 3.05) is 19.5 Å². The number of hydrogen-bond donors (Lipinski definition) is 2. The molecule has 0 aliphatic heterocycles. The highest BCUT2D eigenvalue weighted by atomic mass is 16.5. The normalized spacial score (nSPS) is 14.3. The molecule has 1 aromatic carbocycles. The predicted molar refractivity (Wildman–Crippen MR) is 147 cm³/mol. The Bertz CT molecular complexity index is 1460. The van der Waals surface area contributed by atoms with Gasteiger partial charge in [-0.25, -0.2) is 9.50 Å². The van der Waals surface area contributed by atoms with Crippen molar-refractivity contribution in [2.24, 2.45) is 0 Å². The number of rotatable bonds is 6. The zero-order chi connectivity index (χ0) is 27.9. The first-order valence-electron chi connectivity index (χ1n) is 12.8. The third-order valence-corrected chi connectivity index (χ3v) is 6.69. The van der Waals surface area contributed by atoms with Crippen LogP contribution < -0.4 is 10.1 Å². The molecule has 1 aliphatic carbocycles. The number of likely N-dealkylation sites (N-methyl/N-ethyl adjacent to an activating group) is 1. The molecule has 2 N–H and O–H groups in total. The minimum atomic E-state index is -0.663. The molecule has 0 saturated heterocycles. The lowest BCUT2D eigenvalue weighted by Crippen LogP contribution is -2.44. The Kier molecular flexibility index (Phi) is 8.74. The number of carbonyl (C=O) groups excluding carboxylic acids is 3. The molecule has 1 aliphatic rings. The van der Waals surface area contributed by atoms with Crippen molar-refractivity contribution in [2.45, 2.75) is 58.1 Å². The van der Waals surface area contributed by atoms with Crippen LogP contribution in [-0.2, 0) is 14.3 Å². The summed E-state index contributed by atoms with van der Waals surface area (Å²) in [6, 6.07) is 5.55. The average molecular weight is 538 g/mol. The molecule has 1 saturated carbocycles. The molecule has 12 heteroatoms. The van der Waals surface area contributed by atoms with Crippen molar-refractivity contribution < 1.29 is 25.3 Å². The molecule has 0 bridgehead atoms. The molecule has 2 amide bonds. The van der Waals surface area contributed by atoms with Gasteiger partial charge in [-0.1, -0.05) is 19.3 Å². The topological polar surface area (TPSA) is 144 Å². The summed E-state index contributed by atoms with van der Waals surface area (Å²) in [5, 5.41) is 14.6. The minimum Gasteiger partial charge on any atom is -0.496 e. The average Bonchev–Trinajstić information content (AvgIpc) is 3.58. The highest BCUT2D eigenvalue weighted by Gasteiger charge is 2.27. The smallest absolute Gasteiger partial charge is 0.303 e. The Morgan fingerprint density at radius 3 is 2.69 bits per heavy atom. The quantitative estimate of drug-likeness (QED) is 0.353. The lowest BCUT2D eigenvalue weighted by Gasteiger charge is -2.32. The molecule has 12 nitrogen and oxygen atoms in total. The van der Waals surface area contributed by atoms with E-state index in [-0.39, 0.29) is 13.2 Å². The Hall–Kier alpha value is -4.48. The van der Waals surface area contributed by atoms with Gasteiger partial charge in [0.05, 0.1) is 30.6 Å². The number of aromatic nitrogens is 5. The fraction of sp³-hybridized carbons (Fsp3) is 0.407. The maximum absolute atomic E-state index is 12.6. The second kappa shape index (κ2) is 12.4. The zero-order valence-corrected chi connectivity index (χ0v) is 22.5. The number of nitrogens with one attached hydrogen (secondary N) is 2. The van der Waals surface area contributed by atoms with Gasteiger partial charge in [0, 0.05) is 45.3 Å². The number of amides is 2. The van der Waals surface area contributed by atoms with Crippen LogP contribution in [-0.4, -0.2) is 73.8 Å². The second-order valence-corrected chi connectivity index (χ2v) is 9.40. The summed E-state index contributed by atoms with van der Waals surface area (Å²) in [6.07, 6.45) is 11.7. The molecule has 1 atom stereocenters. The van der Waals surface area contributed by atoms with E-state index in [1.54, 1.807) is 66.4 Å². The first kappa shape index (κ1) is 27.6. The van der Waals surface area contributed by atoms with E-state index >= 15 is 0 Å². The van der Waals surface area contributed by atoms with Crippen LogP contribution in [0.5, 0.6) is 5.75 Å². The molecular formula is C27H35N7O5. The van der Waals surface area contributed by atoms with Gasteiger partial charge in [-0.15, -0.1) is 0 Å². The molecule has 3 heterocycles. The summed E-state index contributed by atoms with van der Waals surface area (Å²) in [5.74, 6) is -0.339. The summed E-state index contributed by atoms with van der Waals surface area (Å²) in [4.78, 5) is 41.3. The Morgan fingerprint density at radius 1 is 1.21 bits per heavy atom. The van der Waals surface area contributed by atoms with Crippen molar-refractivity contribution >= 4 is 40.0 Å². The number of aromatic amines is 1. The number of benzene rings is 1. The molecule has 3 aromatic heterocycles. The van der Waals surface area contributed by atoms with E-state index in [0.29, 0.717) is 28.7 Å². The van der Waals surface area contributed by atoms with E-state index < -0.39 is 12.1 Å². The number of methoxy groups -OCH3 is 1. The predicted octanol–water partition coefficient (Wildman–Crippen LogP) is 3.84. The van der Waals surface area contributed by atoms with Crippen LogP contribution >= 0.6 is 0 Å². The number of hydrogen-bond acceptors (Lipinski definition) is 8. The molecule has 0 spiro atoms. The van der Waals surface area contributed by atoms with E-state index in [1.807, 2.05) is 0 Å².